The molecule has 0 amide bonds. The molecule has 7 heteroatoms. The lowest BCUT2D eigenvalue weighted by atomic mass is 10.3. The first-order valence-corrected chi connectivity index (χ1v) is 6.21. The number of nitrogens with two attached hydrogens (primary N) is 1. The maximum absolute atomic E-state index is 11.5. The van der Waals surface area contributed by atoms with Gasteiger partial charge in [0.25, 0.3) is 5.56 Å². The third-order valence-electron chi connectivity index (χ3n) is 2.81. The van der Waals surface area contributed by atoms with E-state index in [4.69, 9.17) is 11.0 Å². The molecule has 0 aliphatic carbocycles. The summed E-state index contributed by atoms with van der Waals surface area (Å²) in [6.45, 7) is 2.88. The molecule has 1 heterocycles. The van der Waals surface area contributed by atoms with Crippen molar-refractivity contribution in [1.82, 2.24) is 14.5 Å². The SMILES string of the molecule is CN(CCCN)CCCn1cc(C#N)c(=O)[nH]c1=O. The van der Waals surface area contributed by atoms with Crippen molar-refractivity contribution in [3.05, 3.63) is 32.6 Å². The molecular weight excluding hydrogens is 246 g/mol. The fourth-order valence-electron chi connectivity index (χ4n) is 1.74. The van der Waals surface area contributed by atoms with Gasteiger partial charge in [0, 0.05) is 12.7 Å². The molecule has 0 spiro atoms. The molecule has 0 aromatic carbocycles. The van der Waals surface area contributed by atoms with E-state index in [-0.39, 0.29) is 5.56 Å². The molecule has 0 fully saturated rings. The largest absolute Gasteiger partial charge is 0.330 e. The van der Waals surface area contributed by atoms with Crippen LogP contribution in [0.2, 0.25) is 0 Å². The maximum atomic E-state index is 11.5. The molecule has 0 saturated heterocycles. The number of rotatable bonds is 7. The van der Waals surface area contributed by atoms with E-state index in [9.17, 15) is 9.59 Å². The third kappa shape index (κ3) is 4.69. The Balaban J connectivity index is 2.57. The molecule has 0 atom stereocenters. The number of hydrogen-bond donors (Lipinski definition) is 2. The smallest absolute Gasteiger partial charge is 0.328 e. The second kappa shape index (κ2) is 7.51. The van der Waals surface area contributed by atoms with Crippen LogP contribution < -0.4 is 17.0 Å². The average molecular weight is 265 g/mol. The van der Waals surface area contributed by atoms with Crippen LogP contribution in [0.15, 0.2) is 15.8 Å². The van der Waals surface area contributed by atoms with Gasteiger partial charge in [-0.2, -0.15) is 5.26 Å². The second-order valence-electron chi connectivity index (χ2n) is 4.41. The molecule has 0 bridgehead atoms. The van der Waals surface area contributed by atoms with Crippen molar-refractivity contribution >= 4 is 0 Å². The lowest BCUT2D eigenvalue weighted by Crippen LogP contribution is -2.32. The van der Waals surface area contributed by atoms with Crippen LogP contribution in [0.1, 0.15) is 18.4 Å². The Hall–Kier alpha value is -1.91. The molecule has 1 aromatic rings. The normalized spacial score (nSPS) is 10.6. The van der Waals surface area contributed by atoms with E-state index in [2.05, 4.69) is 9.88 Å². The van der Waals surface area contributed by atoms with E-state index in [0.29, 0.717) is 13.1 Å². The minimum atomic E-state index is -0.635. The summed E-state index contributed by atoms with van der Waals surface area (Å²) in [4.78, 5) is 27.0. The van der Waals surface area contributed by atoms with Crippen LogP contribution in [0.4, 0.5) is 0 Å². The number of nitriles is 1. The number of aryl methyl sites for hydroxylation is 1. The molecule has 0 saturated carbocycles. The van der Waals surface area contributed by atoms with Gasteiger partial charge in [-0.3, -0.25) is 14.3 Å². The summed E-state index contributed by atoms with van der Waals surface area (Å²) >= 11 is 0. The molecule has 3 N–H and O–H groups in total. The molecule has 0 radical (unpaired) electrons. The van der Waals surface area contributed by atoms with Crippen molar-refractivity contribution in [3.8, 4) is 6.07 Å². The zero-order valence-electron chi connectivity index (χ0n) is 11.1. The summed E-state index contributed by atoms with van der Waals surface area (Å²) < 4.78 is 1.36. The van der Waals surface area contributed by atoms with E-state index >= 15 is 0 Å². The van der Waals surface area contributed by atoms with Crippen LogP contribution in [0.5, 0.6) is 0 Å². The van der Waals surface area contributed by atoms with Gasteiger partial charge in [0.05, 0.1) is 0 Å². The lowest BCUT2D eigenvalue weighted by molar-refractivity contribution is 0.318. The van der Waals surface area contributed by atoms with Crippen LogP contribution in [0, 0.1) is 11.3 Å². The van der Waals surface area contributed by atoms with E-state index in [0.717, 1.165) is 25.9 Å². The fourth-order valence-corrected chi connectivity index (χ4v) is 1.74. The fraction of sp³-hybridized carbons (Fsp3) is 0.583. The number of aromatic nitrogens is 2. The maximum Gasteiger partial charge on any atom is 0.328 e. The monoisotopic (exact) mass is 265 g/mol. The number of H-pyrrole nitrogens is 1. The Bertz CT molecular complexity index is 554. The Kier molecular flexibility index (Phi) is 5.99. The highest BCUT2D eigenvalue weighted by molar-refractivity contribution is 5.21. The minimum absolute atomic E-state index is 0.0453. The van der Waals surface area contributed by atoms with E-state index < -0.39 is 11.2 Å². The molecule has 19 heavy (non-hydrogen) atoms. The highest BCUT2D eigenvalue weighted by Gasteiger charge is 2.04. The van der Waals surface area contributed by atoms with Gasteiger partial charge in [0.15, 0.2) is 0 Å². The highest BCUT2D eigenvalue weighted by Crippen LogP contribution is 1.93. The van der Waals surface area contributed by atoms with Crippen LogP contribution >= 0.6 is 0 Å². The average Bonchev–Trinajstić information content (AvgIpc) is 2.38. The second-order valence-corrected chi connectivity index (χ2v) is 4.41. The van der Waals surface area contributed by atoms with Crippen molar-refractivity contribution in [1.29, 1.82) is 5.26 Å². The van der Waals surface area contributed by atoms with Gasteiger partial charge in [0.2, 0.25) is 0 Å². The summed E-state index contributed by atoms with van der Waals surface area (Å²) in [6.07, 6.45) is 3.01. The molecule has 104 valence electrons. The Morgan fingerprint density at radius 2 is 2.11 bits per heavy atom. The number of hydrogen-bond acceptors (Lipinski definition) is 5. The zero-order chi connectivity index (χ0) is 14.3. The van der Waals surface area contributed by atoms with Crippen LogP contribution in [0.3, 0.4) is 0 Å². The van der Waals surface area contributed by atoms with Crippen molar-refractivity contribution in [2.24, 2.45) is 5.73 Å². The number of nitrogens with one attached hydrogen (secondary N) is 1. The van der Waals surface area contributed by atoms with Gasteiger partial charge < -0.3 is 10.6 Å². The molecule has 1 aromatic heterocycles. The zero-order valence-corrected chi connectivity index (χ0v) is 11.1. The topological polar surface area (TPSA) is 108 Å². The van der Waals surface area contributed by atoms with Crippen LogP contribution in [-0.2, 0) is 6.54 Å². The van der Waals surface area contributed by atoms with Gasteiger partial charge in [-0.1, -0.05) is 0 Å². The summed E-state index contributed by atoms with van der Waals surface area (Å²) in [5.74, 6) is 0. The first kappa shape index (κ1) is 15.1. The Labute approximate surface area is 111 Å². The Morgan fingerprint density at radius 3 is 2.74 bits per heavy atom. The van der Waals surface area contributed by atoms with E-state index in [1.54, 1.807) is 6.07 Å². The Morgan fingerprint density at radius 1 is 1.42 bits per heavy atom. The van der Waals surface area contributed by atoms with Crippen LogP contribution in [0.25, 0.3) is 0 Å². The number of aromatic amines is 1. The molecule has 0 aliphatic rings. The minimum Gasteiger partial charge on any atom is -0.330 e. The van der Waals surface area contributed by atoms with E-state index in [1.165, 1.54) is 10.8 Å². The molecule has 0 aliphatic heterocycles. The summed E-state index contributed by atoms with van der Waals surface area (Å²) in [5, 5.41) is 8.74. The third-order valence-corrected chi connectivity index (χ3v) is 2.81. The van der Waals surface area contributed by atoms with Gasteiger partial charge in [-0.05, 0) is 39.5 Å². The standard InChI is InChI=1S/C12H19N5O2/c1-16(5-2-4-13)6-3-7-17-9-10(8-14)11(18)15-12(17)19/h9H,2-7,13H2,1H3,(H,15,18,19). The van der Waals surface area contributed by atoms with Gasteiger partial charge in [-0.25, -0.2) is 4.79 Å². The summed E-state index contributed by atoms with van der Waals surface area (Å²) in [5.41, 5.74) is 4.27. The van der Waals surface area contributed by atoms with Crippen molar-refractivity contribution in [3.63, 3.8) is 0 Å². The van der Waals surface area contributed by atoms with Gasteiger partial charge >= 0.3 is 5.69 Å². The van der Waals surface area contributed by atoms with Crippen molar-refractivity contribution < 1.29 is 0 Å². The highest BCUT2D eigenvalue weighted by atomic mass is 16.2. The van der Waals surface area contributed by atoms with E-state index in [1.807, 2.05) is 7.05 Å². The quantitative estimate of drug-likeness (QED) is 0.663. The van der Waals surface area contributed by atoms with Crippen molar-refractivity contribution in [2.45, 2.75) is 19.4 Å². The van der Waals surface area contributed by atoms with Crippen LogP contribution in [-0.4, -0.2) is 41.1 Å². The van der Waals surface area contributed by atoms with Crippen molar-refractivity contribution in [2.75, 3.05) is 26.7 Å². The number of nitrogens with zero attached hydrogens (tertiary/aromatic N) is 3. The molecule has 1 rings (SSSR count). The summed E-state index contributed by atoms with van der Waals surface area (Å²) in [7, 11) is 1.99. The van der Waals surface area contributed by atoms with Gasteiger partial charge in [0.1, 0.15) is 11.6 Å². The molecule has 0 unspecified atom stereocenters. The first-order valence-electron chi connectivity index (χ1n) is 6.21. The lowest BCUT2D eigenvalue weighted by Gasteiger charge is -2.16. The predicted molar refractivity (Wildman–Crippen MR) is 71.8 cm³/mol. The molecular formula is C12H19N5O2. The summed E-state index contributed by atoms with van der Waals surface area (Å²) in [6, 6.07) is 1.76. The predicted octanol–water partition coefficient (Wildman–Crippen LogP) is -0.921. The first-order chi connectivity index (χ1) is 9.08. The van der Waals surface area contributed by atoms with Gasteiger partial charge in [-0.15, -0.1) is 0 Å². The molecule has 7 nitrogen and oxygen atoms in total.